The van der Waals surface area contributed by atoms with Crippen molar-refractivity contribution in [2.45, 2.75) is 19.9 Å². The monoisotopic (exact) mass is 275 g/mol. The van der Waals surface area contributed by atoms with Gasteiger partial charge in [0.05, 0.1) is 6.04 Å². The zero-order valence-corrected chi connectivity index (χ0v) is 12.0. The first-order chi connectivity index (χ1) is 9.10. The molecule has 1 atom stereocenters. The molecule has 0 aromatic carbocycles. The largest absolute Gasteiger partial charge is 0.373 e. The Morgan fingerprint density at radius 3 is 2.79 bits per heavy atom. The van der Waals surface area contributed by atoms with E-state index in [4.69, 9.17) is 0 Å². The minimum absolute atomic E-state index is 0.0115. The Hall–Kier alpha value is -1.88. The number of nitrogens with zero attached hydrogens (tertiary/aromatic N) is 1. The summed E-state index contributed by atoms with van der Waals surface area (Å²) in [5, 5.41) is 5.91. The Kier molecular flexibility index (Phi) is 4.16. The lowest BCUT2D eigenvalue weighted by atomic mass is 10.2. The van der Waals surface area contributed by atoms with Crippen molar-refractivity contribution in [2.75, 3.05) is 12.4 Å². The minimum atomic E-state index is -0.0857. The number of pyridine rings is 1. The van der Waals surface area contributed by atoms with Crippen molar-refractivity contribution in [3.05, 3.63) is 45.8 Å². The fraction of sp³-hybridized carbons (Fsp3) is 0.286. The number of rotatable bonds is 4. The van der Waals surface area contributed by atoms with Crippen LogP contribution in [0.1, 0.15) is 33.1 Å². The van der Waals surface area contributed by atoms with Gasteiger partial charge in [0.1, 0.15) is 5.82 Å². The molecule has 0 saturated carbocycles. The highest BCUT2D eigenvalue weighted by atomic mass is 32.1. The summed E-state index contributed by atoms with van der Waals surface area (Å²) in [4.78, 5) is 18.6. The molecule has 2 aromatic rings. The van der Waals surface area contributed by atoms with Crippen LogP contribution in [0.25, 0.3) is 0 Å². The van der Waals surface area contributed by atoms with Crippen LogP contribution in [0, 0.1) is 6.92 Å². The number of carbonyl (C=O) groups excluding carboxylic acids is 1. The van der Waals surface area contributed by atoms with E-state index in [1.807, 2.05) is 6.92 Å². The molecule has 0 bridgehead atoms. The average molecular weight is 275 g/mol. The summed E-state index contributed by atoms with van der Waals surface area (Å²) >= 11 is 1.70. The summed E-state index contributed by atoms with van der Waals surface area (Å²) < 4.78 is 0. The molecule has 0 spiro atoms. The molecule has 0 saturated heterocycles. The number of thiophene rings is 1. The van der Waals surface area contributed by atoms with Crippen LogP contribution in [0.5, 0.6) is 0 Å². The van der Waals surface area contributed by atoms with Crippen LogP contribution < -0.4 is 10.6 Å². The van der Waals surface area contributed by atoms with Gasteiger partial charge in [0.25, 0.3) is 5.91 Å². The fourth-order valence-electron chi connectivity index (χ4n) is 1.75. The first-order valence-corrected chi connectivity index (χ1v) is 6.93. The smallest absolute Gasteiger partial charge is 0.251 e. The maximum atomic E-state index is 12.1. The predicted molar refractivity (Wildman–Crippen MR) is 78.7 cm³/mol. The second-order valence-electron chi connectivity index (χ2n) is 4.32. The van der Waals surface area contributed by atoms with E-state index >= 15 is 0 Å². The molecule has 100 valence electrons. The standard InChI is InChI=1S/C14H17N3OS/c1-9-4-5-12(19-9)10(2)17-14(18)11-6-7-16-13(8-11)15-3/h4-8,10H,1-3H3,(H,15,16)(H,17,18). The fourth-order valence-corrected chi connectivity index (χ4v) is 2.63. The molecule has 0 aliphatic carbocycles. The van der Waals surface area contributed by atoms with Crippen molar-refractivity contribution in [3.8, 4) is 0 Å². The van der Waals surface area contributed by atoms with Gasteiger partial charge in [0.15, 0.2) is 0 Å². The zero-order valence-electron chi connectivity index (χ0n) is 11.2. The zero-order chi connectivity index (χ0) is 13.8. The van der Waals surface area contributed by atoms with E-state index in [1.165, 1.54) is 4.88 Å². The average Bonchev–Trinajstić information content (AvgIpc) is 2.85. The molecule has 0 radical (unpaired) electrons. The summed E-state index contributed by atoms with van der Waals surface area (Å²) in [5.41, 5.74) is 0.611. The van der Waals surface area contributed by atoms with E-state index < -0.39 is 0 Å². The third-order valence-corrected chi connectivity index (χ3v) is 4.00. The Morgan fingerprint density at radius 2 is 2.16 bits per heavy atom. The van der Waals surface area contributed by atoms with Crippen LogP contribution in [0.4, 0.5) is 5.82 Å². The van der Waals surface area contributed by atoms with E-state index in [0.717, 1.165) is 4.88 Å². The second-order valence-corrected chi connectivity index (χ2v) is 5.64. The number of amides is 1. The highest BCUT2D eigenvalue weighted by Crippen LogP contribution is 2.22. The maximum absolute atomic E-state index is 12.1. The summed E-state index contributed by atoms with van der Waals surface area (Å²) in [7, 11) is 1.78. The lowest BCUT2D eigenvalue weighted by Crippen LogP contribution is -2.26. The van der Waals surface area contributed by atoms with Crippen LogP contribution in [0.3, 0.4) is 0 Å². The highest BCUT2D eigenvalue weighted by Gasteiger charge is 2.13. The van der Waals surface area contributed by atoms with Gasteiger partial charge in [-0.15, -0.1) is 11.3 Å². The van der Waals surface area contributed by atoms with Crippen molar-refractivity contribution in [3.63, 3.8) is 0 Å². The van der Waals surface area contributed by atoms with Gasteiger partial charge < -0.3 is 10.6 Å². The first-order valence-electron chi connectivity index (χ1n) is 6.11. The molecular formula is C14H17N3OS. The van der Waals surface area contributed by atoms with Gasteiger partial charge in [-0.25, -0.2) is 4.98 Å². The molecule has 1 unspecified atom stereocenters. The SMILES string of the molecule is CNc1cc(C(=O)NC(C)c2ccc(C)s2)ccn1. The molecule has 0 aliphatic heterocycles. The van der Waals surface area contributed by atoms with E-state index in [9.17, 15) is 4.79 Å². The third kappa shape index (κ3) is 3.32. The molecular weight excluding hydrogens is 258 g/mol. The lowest BCUT2D eigenvalue weighted by molar-refractivity contribution is 0.0940. The van der Waals surface area contributed by atoms with E-state index in [0.29, 0.717) is 11.4 Å². The Bertz CT molecular complexity index is 580. The maximum Gasteiger partial charge on any atom is 0.251 e. The molecule has 0 fully saturated rings. The summed E-state index contributed by atoms with van der Waals surface area (Å²) in [5.74, 6) is 0.602. The van der Waals surface area contributed by atoms with Crippen LogP contribution >= 0.6 is 11.3 Å². The van der Waals surface area contributed by atoms with Crippen LogP contribution in [0.2, 0.25) is 0 Å². The molecule has 1 amide bonds. The molecule has 2 rings (SSSR count). The van der Waals surface area contributed by atoms with Gasteiger partial charge in [0.2, 0.25) is 0 Å². The third-order valence-electron chi connectivity index (χ3n) is 2.81. The van der Waals surface area contributed by atoms with Crippen LogP contribution in [-0.2, 0) is 0 Å². The van der Waals surface area contributed by atoms with Crippen molar-refractivity contribution in [1.29, 1.82) is 0 Å². The lowest BCUT2D eigenvalue weighted by Gasteiger charge is -2.12. The van der Waals surface area contributed by atoms with Gasteiger partial charge >= 0.3 is 0 Å². The molecule has 4 nitrogen and oxygen atoms in total. The number of hydrogen-bond donors (Lipinski definition) is 2. The Morgan fingerprint density at radius 1 is 1.37 bits per heavy atom. The summed E-state index contributed by atoms with van der Waals surface area (Å²) in [6, 6.07) is 7.58. The normalized spacial score (nSPS) is 11.9. The minimum Gasteiger partial charge on any atom is -0.373 e. The van der Waals surface area contributed by atoms with Crippen molar-refractivity contribution in [1.82, 2.24) is 10.3 Å². The van der Waals surface area contributed by atoms with Crippen molar-refractivity contribution >= 4 is 23.1 Å². The second kappa shape index (κ2) is 5.84. The van der Waals surface area contributed by atoms with Crippen molar-refractivity contribution < 1.29 is 4.79 Å². The molecule has 2 aromatic heterocycles. The van der Waals surface area contributed by atoms with Crippen molar-refractivity contribution in [2.24, 2.45) is 0 Å². The van der Waals surface area contributed by atoms with Gasteiger partial charge in [-0.3, -0.25) is 4.79 Å². The highest BCUT2D eigenvalue weighted by molar-refractivity contribution is 7.12. The number of anilines is 1. The molecule has 2 N–H and O–H groups in total. The van der Waals surface area contributed by atoms with Crippen LogP contribution in [-0.4, -0.2) is 17.9 Å². The molecule has 19 heavy (non-hydrogen) atoms. The first kappa shape index (κ1) is 13.5. The summed E-state index contributed by atoms with van der Waals surface area (Å²) in [6.07, 6.45) is 1.63. The topological polar surface area (TPSA) is 54.0 Å². The van der Waals surface area contributed by atoms with E-state index in [2.05, 4.69) is 34.7 Å². The van der Waals surface area contributed by atoms with Crippen LogP contribution in [0.15, 0.2) is 30.5 Å². The quantitative estimate of drug-likeness (QED) is 0.902. The van der Waals surface area contributed by atoms with Gasteiger partial charge in [-0.05, 0) is 38.1 Å². The molecule has 0 aliphatic rings. The number of aryl methyl sites for hydroxylation is 1. The molecule has 2 heterocycles. The predicted octanol–water partition coefficient (Wildman–Crippen LogP) is 2.98. The number of nitrogens with one attached hydrogen (secondary N) is 2. The van der Waals surface area contributed by atoms with Gasteiger partial charge in [0, 0.05) is 28.6 Å². The van der Waals surface area contributed by atoms with Gasteiger partial charge in [-0.1, -0.05) is 0 Å². The van der Waals surface area contributed by atoms with Gasteiger partial charge in [-0.2, -0.15) is 0 Å². The number of hydrogen-bond acceptors (Lipinski definition) is 4. The number of carbonyl (C=O) groups is 1. The number of aromatic nitrogens is 1. The van der Waals surface area contributed by atoms with E-state index in [1.54, 1.807) is 36.7 Å². The van der Waals surface area contributed by atoms with E-state index in [-0.39, 0.29) is 11.9 Å². The molecule has 5 heteroatoms. The Balaban J connectivity index is 2.08. The summed E-state index contributed by atoms with van der Waals surface area (Å²) in [6.45, 7) is 4.05. The Labute approximate surface area is 116 Å².